The molecule has 1 aliphatic rings. The van der Waals surface area contributed by atoms with Gasteiger partial charge in [-0.2, -0.15) is 0 Å². The normalized spacial score (nSPS) is 14.2. The average Bonchev–Trinajstić information content (AvgIpc) is 2.92. The second-order valence-corrected chi connectivity index (χ2v) is 6.72. The fourth-order valence-electron chi connectivity index (χ4n) is 2.23. The van der Waals surface area contributed by atoms with Crippen LogP contribution in [-0.2, 0) is 6.54 Å². The van der Waals surface area contributed by atoms with E-state index in [4.69, 9.17) is 9.47 Å². The number of fused-ring (bicyclic) bond motifs is 1. The summed E-state index contributed by atoms with van der Waals surface area (Å²) in [6.45, 7) is 3.21. The highest BCUT2D eigenvalue weighted by atomic mass is 79.9. The summed E-state index contributed by atoms with van der Waals surface area (Å²) in [6.07, 6.45) is 0. The molecule has 0 saturated carbocycles. The van der Waals surface area contributed by atoms with Gasteiger partial charge in [0.1, 0.15) is 0 Å². The van der Waals surface area contributed by atoms with Gasteiger partial charge in [-0.05, 0) is 42.3 Å². The van der Waals surface area contributed by atoms with Crippen molar-refractivity contribution >= 4 is 31.9 Å². The highest BCUT2D eigenvalue weighted by Crippen LogP contribution is 2.37. The van der Waals surface area contributed by atoms with E-state index in [2.05, 4.69) is 68.4 Å². The van der Waals surface area contributed by atoms with Crippen LogP contribution in [0.4, 0.5) is 0 Å². The van der Waals surface area contributed by atoms with Crippen molar-refractivity contribution in [1.82, 2.24) is 5.32 Å². The van der Waals surface area contributed by atoms with Crippen LogP contribution in [0.5, 0.6) is 11.5 Å². The van der Waals surface area contributed by atoms with Gasteiger partial charge in [-0.15, -0.1) is 0 Å². The van der Waals surface area contributed by atoms with Crippen LogP contribution in [-0.4, -0.2) is 6.79 Å². The third-order valence-corrected chi connectivity index (χ3v) is 4.78. The number of hydrogen-bond acceptors (Lipinski definition) is 3. The Labute approximate surface area is 140 Å². The first-order valence-electron chi connectivity index (χ1n) is 6.70. The average molecular weight is 413 g/mol. The van der Waals surface area contributed by atoms with Gasteiger partial charge in [0.25, 0.3) is 0 Å². The molecule has 21 heavy (non-hydrogen) atoms. The first kappa shape index (κ1) is 14.9. The van der Waals surface area contributed by atoms with Crippen LogP contribution in [0.1, 0.15) is 24.1 Å². The van der Waals surface area contributed by atoms with E-state index in [1.165, 1.54) is 5.56 Å². The Bertz CT molecular complexity index is 643. The van der Waals surface area contributed by atoms with Crippen LogP contribution in [0.25, 0.3) is 0 Å². The van der Waals surface area contributed by atoms with Gasteiger partial charge in [0, 0.05) is 21.5 Å². The van der Waals surface area contributed by atoms with Crippen LogP contribution >= 0.6 is 31.9 Å². The zero-order valence-corrected chi connectivity index (χ0v) is 14.7. The number of rotatable bonds is 4. The van der Waals surface area contributed by atoms with Gasteiger partial charge in [0.15, 0.2) is 11.5 Å². The molecule has 1 unspecified atom stereocenters. The molecule has 0 amide bonds. The zero-order chi connectivity index (χ0) is 14.8. The first-order chi connectivity index (χ1) is 10.1. The van der Waals surface area contributed by atoms with Crippen molar-refractivity contribution in [2.45, 2.75) is 19.5 Å². The Hall–Kier alpha value is -1.04. The lowest BCUT2D eigenvalue weighted by Gasteiger charge is -2.15. The highest BCUT2D eigenvalue weighted by Gasteiger charge is 2.16. The fraction of sp³-hybridized carbons (Fsp3) is 0.250. The molecule has 0 radical (unpaired) electrons. The molecule has 3 rings (SSSR count). The van der Waals surface area contributed by atoms with Crippen molar-refractivity contribution in [3.63, 3.8) is 0 Å². The summed E-state index contributed by atoms with van der Waals surface area (Å²) >= 11 is 7.04. The molecule has 3 nitrogen and oxygen atoms in total. The summed E-state index contributed by atoms with van der Waals surface area (Å²) in [5.74, 6) is 1.61. The van der Waals surface area contributed by atoms with E-state index >= 15 is 0 Å². The standard InChI is InChI=1S/C16H15Br2NO2/c1-10(11-2-4-13(17)5-3-11)19-8-12-6-15-16(7-14(12)18)21-9-20-15/h2-7,10,19H,8-9H2,1H3. The summed E-state index contributed by atoms with van der Waals surface area (Å²) in [5, 5.41) is 3.52. The minimum Gasteiger partial charge on any atom is -0.454 e. The van der Waals surface area contributed by atoms with Gasteiger partial charge < -0.3 is 14.8 Å². The van der Waals surface area contributed by atoms with Crippen LogP contribution in [0.2, 0.25) is 0 Å². The quantitative estimate of drug-likeness (QED) is 0.782. The molecular weight excluding hydrogens is 398 g/mol. The Balaban J connectivity index is 1.68. The van der Waals surface area contributed by atoms with Gasteiger partial charge >= 0.3 is 0 Å². The van der Waals surface area contributed by atoms with Crippen LogP contribution < -0.4 is 14.8 Å². The Morgan fingerprint density at radius 3 is 2.48 bits per heavy atom. The topological polar surface area (TPSA) is 30.5 Å². The molecule has 1 aliphatic heterocycles. The molecule has 0 fully saturated rings. The van der Waals surface area contributed by atoms with Crippen molar-refractivity contribution < 1.29 is 9.47 Å². The van der Waals surface area contributed by atoms with Gasteiger partial charge in [0.05, 0.1) is 0 Å². The van der Waals surface area contributed by atoms with Crippen molar-refractivity contribution in [2.75, 3.05) is 6.79 Å². The van der Waals surface area contributed by atoms with Gasteiger partial charge in [0.2, 0.25) is 6.79 Å². The fourth-order valence-corrected chi connectivity index (χ4v) is 2.95. The molecule has 1 N–H and O–H groups in total. The summed E-state index contributed by atoms with van der Waals surface area (Å²) in [6, 6.07) is 12.6. The summed E-state index contributed by atoms with van der Waals surface area (Å²) < 4.78 is 12.9. The third-order valence-electron chi connectivity index (χ3n) is 3.51. The molecule has 0 aromatic heterocycles. The summed E-state index contributed by atoms with van der Waals surface area (Å²) in [7, 11) is 0. The molecule has 0 bridgehead atoms. The Morgan fingerprint density at radius 1 is 1.10 bits per heavy atom. The second kappa shape index (κ2) is 6.38. The third kappa shape index (κ3) is 3.42. The first-order valence-corrected chi connectivity index (χ1v) is 8.29. The minimum absolute atomic E-state index is 0.274. The molecule has 0 aliphatic carbocycles. The number of ether oxygens (including phenoxy) is 2. The zero-order valence-electron chi connectivity index (χ0n) is 11.5. The number of benzene rings is 2. The lowest BCUT2D eigenvalue weighted by atomic mass is 10.1. The molecular formula is C16H15Br2NO2. The number of nitrogens with one attached hydrogen (secondary N) is 1. The van der Waals surface area contributed by atoms with Gasteiger partial charge in [-0.3, -0.25) is 0 Å². The molecule has 1 atom stereocenters. The van der Waals surface area contributed by atoms with E-state index in [0.29, 0.717) is 6.79 Å². The van der Waals surface area contributed by atoms with Gasteiger partial charge in [-0.1, -0.05) is 44.0 Å². The van der Waals surface area contributed by atoms with E-state index in [1.54, 1.807) is 0 Å². The molecule has 5 heteroatoms. The maximum atomic E-state index is 5.42. The maximum absolute atomic E-state index is 5.42. The van der Waals surface area contributed by atoms with E-state index in [-0.39, 0.29) is 6.04 Å². The SMILES string of the molecule is CC(NCc1cc2c(cc1Br)OCO2)c1ccc(Br)cc1. The molecule has 2 aromatic carbocycles. The van der Waals surface area contributed by atoms with Crippen molar-refractivity contribution in [2.24, 2.45) is 0 Å². The van der Waals surface area contributed by atoms with E-state index in [0.717, 1.165) is 32.6 Å². The lowest BCUT2D eigenvalue weighted by Crippen LogP contribution is -2.18. The molecule has 2 aromatic rings. The molecule has 0 saturated heterocycles. The number of hydrogen-bond donors (Lipinski definition) is 1. The predicted octanol–water partition coefficient (Wildman–Crippen LogP) is 4.79. The van der Waals surface area contributed by atoms with Crippen LogP contribution in [0, 0.1) is 0 Å². The summed E-state index contributed by atoms with van der Waals surface area (Å²) in [4.78, 5) is 0. The summed E-state index contributed by atoms with van der Waals surface area (Å²) in [5.41, 5.74) is 2.42. The van der Waals surface area contributed by atoms with Crippen molar-refractivity contribution in [1.29, 1.82) is 0 Å². The second-order valence-electron chi connectivity index (χ2n) is 4.95. The van der Waals surface area contributed by atoms with Crippen molar-refractivity contribution in [3.05, 3.63) is 56.5 Å². The van der Waals surface area contributed by atoms with E-state index < -0.39 is 0 Å². The van der Waals surface area contributed by atoms with E-state index in [9.17, 15) is 0 Å². The van der Waals surface area contributed by atoms with Gasteiger partial charge in [-0.25, -0.2) is 0 Å². The Morgan fingerprint density at radius 2 is 1.76 bits per heavy atom. The largest absolute Gasteiger partial charge is 0.454 e. The van der Waals surface area contributed by atoms with Crippen molar-refractivity contribution in [3.8, 4) is 11.5 Å². The Kier molecular flexibility index (Phi) is 4.52. The predicted molar refractivity (Wildman–Crippen MR) is 89.7 cm³/mol. The highest BCUT2D eigenvalue weighted by molar-refractivity contribution is 9.10. The van der Waals surface area contributed by atoms with E-state index in [1.807, 2.05) is 12.1 Å². The molecule has 110 valence electrons. The maximum Gasteiger partial charge on any atom is 0.231 e. The monoisotopic (exact) mass is 411 g/mol. The smallest absolute Gasteiger partial charge is 0.231 e. The lowest BCUT2D eigenvalue weighted by molar-refractivity contribution is 0.174. The minimum atomic E-state index is 0.274. The van der Waals surface area contributed by atoms with Crippen LogP contribution in [0.3, 0.4) is 0 Å². The molecule has 0 spiro atoms. The number of halogens is 2. The van der Waals surface area contributed by atoms with Crippen LogP contribution in [0.15, 0.2) is 45.3 Å². The molecule has 1 heterocycles.